The Bertz CT molecular complexity index is 437. The molecule has 1 aromatic carbocycles. The number of fused-ring (bicyclic) bond motifs is 1. The maximum Gasteiger partial charge on any atom is 0.152 e. The number of carbonyl (C=O) groups is 1. The molecule has 1 aliphatic heterocycles. The van der Waals surface area contributed by atoms with Crippen LogP contribution < -0.4 is 10.2 Å². The van der Waals surface area contributed by atoms with Crippen LogP contribution in [0.25, 0.3) is 0 Å². The minimum atomic E-state index is 0.798. The Morgan fingerprint density at radius 1 is 1.26 bits per heavy atom. The van der Waals surface area contributed by atoms with E-state index in [1.165, 1.54) is 11.3 Å². The van der Waals surface area contributed by atoms with E-state index in [0.717, 1.165) is 62.9 Å². The highest BCUT2D eigenvalue weighted by Gasteiger charge is 2.19. The van der Waals surface area contributed by atoms with Crippen LogP contribution in [0.3, 0.4) is 0 Å². The Balaban J connectivity index is 2.41. The first-order valence-electron chi connectivity index (χ1n) is 7.41. The van der Waals surface area contributed by atoms with E-state index in [0.29, 0.717) is 0 Å². The van der Waals surface area contributed by atoms with Gasteiger partial charge in [0.25, 0.3) is 0 Å². The highest BCUT2D eigenvalue weighted by atomic mass is 16.1. The summed E-state index contributed by atoms with van der Waals surface area (Å²) in [6.07, 6.45) is 5.48. The van der Waals surface area contributed by atoms with Crippen LogP contribution in [0.2, 0.25) is 0 Å². The molecule has 0 aromatic heterocycles. The molecular weight excluding hydrogens is 236 g/mol. The number of hydrogen-bond donors (Lipinski definition) is 1. The number of benzene rings is 1. The monoisotopic (exact) mass is 260 g/mol. The minimum Gasteiger partial charge on any atom is -0.384 e. The van der Waals surface area contributed by atoms with E-state index in [1.807, 2.05) is 6.07 Å². The first-order chi connectivity index (χ1) is 9.31. The Morgan fingerprint density at radius 3 is 2.63 bits per heavy atom. The lowest BCUT2D eigenvalue weighted by Crippen LogP contribution is -2.27. The van der Waals surface area contributed by atoms with E-state index in [2.05, 4.69) is 30.1 Å². The van der Waals surface area contributed by atoms with Gasteiger partial charge in [0.05, 0.1) is 0 Å². The van der Waals surface area contributed by atoms with Crippen molar-refractivity contribution in [1.29, 1.82) is 0 Å². The lowest BCUT2D eigenvalue weighted by Gasteiger charge is -2.30. The summed E-state index contributed by atoms with van der Waals surface area (Å²) in [4.78, 5) is 13.6. The zero-order valence-corrected chi connectivity index (χ0v) is 12.0. The summed E-state index contributed by atoms with van der Waals surface area (Å²) in [6.45, 7) is 7.57. The van der Waals surface area contributed by atoms with Gasteiger partial charge in [-0.25, -0.2) is 0 Å². The molecule has 104 valence electrons. The first-order valence-corrected chi connectivity index (χ1v) is 7.41. The summed E-state index contributed by atoms with van der Waals surface area (Å²) in [5.41, 5.74) is 4.51. The number of rotatable bonds is 6. The van der Waals surface area contributed by atoms with Gasteiger partial charge >= 0.3 is 0 Å². The van der Waals surface area contributed by atoms with Crippen molar-refractivity contribution in [3.05, 3.63) is 23.3 Å². The molecule has 0 atom stereocenters. The quantitative estimate of drug-likeness (QED) is 0.795. The minimum absolute atomic E-state index is 0.798. The fourth-order valence-corrected chi connectivity index (χ4v) is 2.88. The SMILES string of the molecule is CCCN(CCC)c1ccc(C=O)c2c1CCCN2. The van der Waals surface area contributed by atoms with Gasteiger partial charge in [0, 0.05) is 36.6 Å². The van der Waals surface area contributed by atoms with Crippen molar-refractivity contribution in [1.82, 2.24) is 0 Å². The van der Waals surface area contributed by atoms with E-state index in [9.17, 15) is 4.79 Å². The van der Waals surface area contributed by atoms with Gasteiger partial charge in [0.1, 0.15) is 0 Å². The van der Waals surface area contributed by atoms with Crippen LogP contribution in [-0.4, -0.2) is 25.9 Å². The predicted molar refractivity (Wildman–Crippen MR) is 81.4 cm³/mol. The molecule has 0 aliphatic carbocycles. The van der Waals surface area contributed by atoms with E-state index < -0.39 is 0 Å². The topological polar surface area (TPSA) is 32.3 Å². The number of nitrogens with one attached hydrogen (secondary N) is 1. The molecule has 2 rings (SSSR count). The van der Waals surface area contributed by atoms with Gasteiger partial charge in [-0.2, -0.15) is 0 Å². The normalized spacial score (nSPS) is 13.6. The predicted octanol–water partition coefficient (Wildman–Crippen LogP) is 3.48. The highest BCUT2D eigenvalue weighted by molar-refractivity contribution is 5.88. The van der Waals surface area contributed by atoms with Crippen molar-refractivity contribution in [3.63, 3.8) is 0 Å². The molecular formula is C16H24N2O. The van der Waals surface area contributed by atoms with E-state index in [-0.39, 0.29) is 0 Å². The van der Waals surface area contributed by atoms with Crippen LogP contribution in [0.5, 0.6) is 0 Å². The molecule has 19 heavy (non-hydrogen) atoms. The van der Waals surface area contributed by atoms with Crippen LogP contribution >= 0.6 is 0 Å². The van der Waals surface area contributed by atoms with Gasteiger partial charge < -0.3 is 10.2 Å². The van der Waals surface area contributed by atoms with Crippen LogP contribution in [0.15, 0.2) is 12.1 Å². The summed E-state index contributed by atoms with van der Waals surface area (Å²) < 4.78 is 0. The zero-order chi connectivity index (χ0) is 13.7. The third-order valence-corrected chi connectivity index (χ3v) is 3.68. The number of nitrogens with zero attached hydrogens (tertiary/aromatic N) is 1. The molecule has 0 saturated heterocycles. The second kappa shape index (κ2) is 6.60. The smallest absolute Gasteiger partial charge is 0.152 e. The first kappa shape index (κ1) is 13.9. The lowest BCUT2D eigenvalue weighted by molar-refractivity contribution is 0.112. The summed E-state index contributed by atoms with van der Waals surface area (Å²) in [7, 11) is 0. The third-order valence-electron chi connectivity index (χ3n) is 3.68. The van der Waals surface area contributed by atoms with Crippen molar-refractivity contribution in [3.8, 4) is 0 Å². The fraction of sp³-hybridized carbons (Fsp3) is 0.562. The Hall–Kier alpha value is -1.51. The Labute approximate surface area is 116 Å². The van der Waals surface area contributed by atoms with Gasteiger partial charge in [0.2, 0.25) is 0 Å². The summed E-state index contributed by atoms with van der Waals surface area (Å²) in [5.74, 6) is 0. The number of aldehydes is 1. The van der Waals surface area contributed by atoms with Crippen molar-refractivity contribution in [2.24, 2.45) is 0 Å². The summed E-state index contributed by atoms with van der Waals surface area (Å²) in [5, 5.41) is 3.40. The molecule has 0 amide bonds. The molecule has 0 unspecified atom stereocenters. The Morgan fingerprint density at radius 2 is 2.00 bits per heavy atom. The average molecular weight is 260 g/mol. The van der Waals surface area contributed by atoms with Crippen LogP contribution in [0.1, 0.15) is 49.0 Å². The molecule has 3 nitrogen and oxygen atoms in total. The van der Waals surface area contributed by atoms with Crippen molar-refractivity contribution < 1.29 is 4.79 Å². The van der Waals surface area contributed by atoms with E-state index >= 15 is 0 Å². The van der Waals surface area contributed by atoms with Crippen LogP contribution in [0, 0.1) is 0 Å². The average Bonchev–Trinajstić information content (AvgIpc) is 2.46. The molecule has 0 bridgehead atoms. The van der Waals surface area contributed by atoms with Gasteiger partial charge in [-0.1, -0.05) is 13.8 Å². The lowest BCUT2D eigenvalue weighted by atomic mass is 9.97. The number of anilines is 2. The molecule has 0 fully saturated rings. The molecule has 1 aromatic rings. The number of hydrogen-bond acceptors (Lipinski definition) is 3. The van der Waals surface area contributed by atoms with Crippen LogP contribution in [0.4, 0.5) is 11.4 Å². The van der Waals surface area contributed by atoms with E-state index in [4.69, 9.17) is 0 Å². The highest BCUT2D eigenvalue weighted by Crippen LogP contribution is 2.34. The molecule has 1 heterocycles. The molecule has 0 spiro atoms. The second-order valence-electron chi connectivity index (χ2n) is 5.16. The van der Waals surface area contributed by atoms with Crippen LogP contribution in [-0.2, 0) is 6.42 Å². The molecule has 1 aliphatic rings. The van der Waals surface area contributed by atoms with Crippen molar-refractivity contribution in [2.75, 3.05) is 29.9 Å². The fourth-order valence-electron chi connectivity index (χ4n) is 2.88. The molecule has 0 saturated carbocycles. The van der Waals surface area contributed by atoms with Crippen molar-refractivity contribution in [2.45, 2.75) is 39.5 Å². The Kier molecular flexibility index (Phi) is 4.83. The van der Waals surface area contributed by atoms with Gasteiger partial charge in [-0.05, 0) is 43.4 Å². The van der Waals surface area contributed by atoms with Gasteiger partial charge in [-0.15, -0.1) is 0 Å². The second-order valence-corrected chi connectivity index (χ2v) is 5.16. The molecule has 0 radical (unpaired) electrons. The maximum atomic E-state index is 11.2. The molecule has 1 N–H and O–H groups in total. The third kappa shape index (κ3) is 2.91. The van der Waals surface area contributed by atoms with Gasteiger partial charge in [-0.3, -0.25) is 4.79 Å². The van der Waals surface area contributed by atoms with Crippen molar-refractivity contribution >= 4 is 17.7 Å². The zero-order valence-electron chi connectivity index (χ0n) is 12.0. The standard InChI is InChI=1S/C16H24N2O/c1-3-10-18(11-4-2)15-8-7-13(12-19)16-14(15)6-5-9-17-16/h7-8,12,17H,3-6,9-11H2,1-2H3. The van der Waals surface area contributed by atoms with Gasteiger partial charge in [0.15, 0.2) is 6.29 Å². The molecule has 3 heteroatoms. The van der Waals surface area contributed by atoms with E-state index in [1.54, 1.807) is 0 Å². The summed E-state index contributed by atoms with van der Waals surface area (Å²) in [6, 6.07) is 4.08. The summed E-state index contributed by atoms with van der Waals surface area (Å²) >= 11 is 0. The number of carbonyl (C=O) groups excluding carboxylic acids is 1. The largest absolute Gasteiger partial charge is 0.384 e. The maximum absolute atomic E-state index is 11.2.